The molecule has 1 unspecified atom stereocenters. The summed E-state index contributed by atoms with van der Waals surface area (Å²) in [6, 6.07) is 17.1. The number of rotatable bonds is 15. The lowest BCUT2D eigenvalue weighted by molar-refractivity contribution is -0.438. The molecule has 2 aromatic rings. The van der Waals surface area contributed by atoms with Gasteiger partial charge in [0.1, 0.15) is 6.54 Å². The number of allylic oxidation sites excluding steroid dienone is 5. The van der Waals surface area contributed by atoms with Crippen molar-refractivity contribution >= 4 is 40.6 Å². The van der Waals surface area contributed by atoms with Crippen LogP contribution in [0.25, 0.3) is 0 Å². The fraction of sp³-hybridized carbons (Fsp3) is 0.463. The molecule has 0 bridgehead atoms. The van der Waals surface area contributed by atoms with Gasteiger partial charge in [0.25, 0.3) is 0 Å². The molecular weight excluding hydrogens is 655 g/mol. The first kappa shape index (κ1) is 38.2. The van der Waals surface area contributed by atoms with Crippen molar-refractivity contribution < 1.29 is 36.8 Å². The Kier molecular flexibility index (Phi) is 12.8. The molecule has 49 heavy (non-hydrogen) atoms. The van der Waals surface area contributed by atoms with Gasteiger partial charge in [-0.2, -0.15) is 4.58 Å². The fourth-order valence-electron chi connectivity index (χ4n) is 7.62. The number of carbonyl (C=O) groups is 2. The molecule has 0 saturated carbocycles. The summed E-state index contributed by atoms with van der Waals surface area (Å²) in [6.45, 7) is 10.7. The van der Waals surface area contributed by atoms with Gasteiger partial charge in [0.05, 0.1) is 11.1 Å². The van der Waals surface area contributed by atoms with Crippen molar-refractivity contribution in [1.29, 1.82) is 0 Å². The zero-order valence-electron chi connectivity index (χ0n) is 29.3. The number of nitrogens with zero attached hydrogens (tertiary/aromatic N) is 2. The average Bonchev–Trinajstić information content (AvgIpc) is 3.58. The van der Waals surface area contributed by atoms with Crippen molar-refractivity contribution in [3.63, 3.8) is 0 Å². The minimum atomic E-state index is -0.736. The third-order valence-electron chi connectivity index (χ3n) is 10.3. The number of fused-ring (bicyclic) bond motifs is 2. The van der Waals surface area contributed by atoms with Crippen LogP contribution in [0.1, 0.15) is 103 Å². The van der Waals surface area contributed by atoms with Crippen molar-refractivity contribution in [2.75, 3.05) is 18.0 Å². The maximum absolute atomic E-state index is 11.0. The Bertz CT molecular complexity index is 1710. The zero-order chi connectivity index (χ0) is 34.5. The molecule has 1 aliphatic carbocycles. The van der Waals surface area contributed by atoms with E-state index in [1.54, 1.807) is 0 Å². The molecule has 0 fully saturated rings. The van der Waals surface area contributed by atoms with E-state index in [-0.39, 0.29) is 42.0 Å². The number of halogens is 2. The molecule has 5 rings (SSSR count). The lowest BCUT2D eigenvalue weighted by Crippen LogP contribution is -3.00. The highest BCUT2D eigenvalue weighted by Crippen LogP contribution is 2.48. The van der Waals surface area contributed by atoms with Gasteiger partial charge in [0, 0.05) is 65.6 Å². The van der Waals surface area contributed by atoms with Crippen LogP contribution in [0.5, 0.6) is 0 Å². The second-order valence-corrected chi connectivity index (χ2v) is 14.8. The molecule has 2 aliphatic heterocycles. The van der Waals surface area contributed by atoms with Gasteiger partial charge in [-0.15, -0.1) is 5.73 Å². The quantitative estimate of drug-likeness (QED) is 0.123. The minimum absolute atomic E-state index is 0. The molecule has 6 nitrogen and oxygen atoms in total. The summed E-state index contributed by atoms with van der Waals surface area (Å²) in [6.07, 6.45) is 13.9. The van der Waals surface area contributed by atoms with E-state index in [1.807, 2.05) is 0 Å². The van der Waals surface area contributed by atoms with E-state index in [0.29, 0.717) is 12.8 Å². The Morgan fingerprint density at radius 1 is 0.878 bits per heavy atom. The highest BCUT2D eigenvalue weighted by atomic mass is 35.5. The predicted molar refractivity (Wildman–Crippen MR) is 195 cm³/mol. The summed E-state index contributed by atoms with van der Waals surface area (Å²) in [5.41, 5.74) is 11.9. The van der Waals surface area contributed by atoms with Crippen LogP contribution < -0.4 is 17.3 Å². The third kappa shape index (κ3) is 8.43. The summed E-state index contributed by atoms with van der Waals surface area (Å²) < 4.78 is 2.41. The number of aliphatic carboxylic acids is 2. The van der Waals surface area contributed by atoms with E-state index in [9.17, 15) is 9.59 Å². The maximum Gasteiger partial charge on any atom is 0.303 e. The van der Waals surface area contributed by atoms with E-state index in [2.05, 4.69) is 110 Å². The molecule has 3 aliphatic rings. The maximum atomic E-state index is 11.0. The molecule has 262 valence electrons. The average molecular weight is 706 g/mol. The molecular formula is C41H50Cl2N2O4. The lowest BCUT2D eigenvalue weighted by atomic mass is 9.81. The Balaban J connectivity index is 0.00000541. The van der Waals surface area contributed by atoms with Crippen LogP contribution in [0, 0.1) is 5.92 Å². The summed E-state index contributed by atoms with van der Waals surface area (Å²) >= 11 is 7.11. The lowest BCUT2D eigenvalue weighted by Gasteiger charge is -2.25. The standard InChI is InChI=1S/C41H49ClN2O4.ClH/c1-40(2)31-15-9-11-17-33(31)43(27-13-5-7-19-37(45)46)35(40)25-23-29-21-22-30(39(29)42)24-26-36-41(3,4)32-16-10-12-18-34(32)44(36)28-14-6-8-20-38(47)48;/h9-12,15-18,23-25,30H,5-8,13-14,19-22,27-28H2,1-4H3,(H-,45,46,47,48);1H/b25-23+;. The molecule has 1 atom stereocenters. The van der Waals surface area contributed by atoms with E-state index >= 15 is 0 Å². The number of anilines is 1. The van der Waals surface area contributed by atoms with Crippen molar-refractivity contribution in [3.05, 3.63) is 99.9 Å². The first-order valence-electron chi connectivity index (χ1n) is 17.5. The number of unbranched alkanes of at least 4 members (excludes halogenated alkanes) is 4. The molecule has 2 aromatic carbocycles. The molecule has 0 amide bonds. The van der Waals surface area contributed by atoms with Gasteiger partial charge in [-0.25, -0.2) is 0 Å². The van der Waals surface area contributed by atoms with Crippen molar-refractivity contribution in [2.24, 2.45) is 5.92 Å². The van der Waals surface area contributed by atoms with Crippen molar-refractivity contribution in [1.82, 2.24) is 0 Å². The number of para-hydroxylation sites is 2. The van der Waals surface area contributed by atoms with E-state index in [4.69, 9.17) is 21.8 Å². The topological polar surface area (TPSA) is 80.9 Å². The zero-order valence-corrected chi connectivity index (χ0v) is 30.8. The van der Waals surface area contributed by atoms with E-state index in [0.717, 1.165) is 67.9 Å². The van der Waals surface area contributed by atoms with E-state index in [1.165, 1.54) is 28.2 Å². The van der Waals surface area contributed by atoms with Crippen molar-refractivity contribution in [3.8, 4) is 0 Å². The van der Waals surface area contributed by atoms with Gasteiger partial charge in [-0.1, -0.05) is 60.5 Å². The fourth-order valence-corrected chi connectivity index (χ4v) is 7.94. The predicted octanol–water partition coefficient (Wildman–Crippen LogP) is 6.65. The second-order valence-electron chi connectivity index (χ2n) is 14.4. The molecule has 8 heteroatoms. The van der Waals surface area contributed by atoms with E-state index < -0.39 is 11.9 Å². The summed E-state index contributed by atoms with van der Waals surface area (Å²) in [5.74, 6) is -1.37. The summed E-state index contributed by atoms with van der Waals surface area (Å²) in [7, 11) is 0. The Morgan fingerprint density at radius 3 is 2.20 bits per heavy atom. The van der Waals surface area contributed by atoms with Crippen LogP contribution in [0.15, 0.2) is 88.8 Å². The first-order valence-corrected chi connectivity index (χ1v) is 17.9. The van der Waals surface area contributed by atoms with Crippen LogP contribution in [0.2, 0.25) is 0 Å². The highest BCUT2D eigenvalue weighted by molar-refractivity contribution is 6.30. The minimum Gasteiger partial charge on any atom is -1.00 e. The number of carboxylic acids is 2. The molecule has 2 N–H and O–H groups in total. The van der Waals surface area contributed by atoms with Gasteiger partial charge < -0.3 is 27.5 Å². The Hall–Kier alpha value is -3.57. The smallest absolute Gasteiger partial charge is 0.303 e. The van der Waals surface area contributed by atoms with Crippen LogP contribution in [0.4, 0.5) is 11.4 Å². The molecule has 0 spiro atoms. The van der Waals surface area contributed by atoms with Gasteiger partial charge in [0.2, 0.25) is 5.69 Å². The SMILES string of the molecule is CC1(C)C(=C=CC2CCC(/C=C/C3=[N+](CCCCCC(=O)O)c4ccccc4C3(C)C)=C2Cl)N(CCCCCC(=O)O)c2ccccc21.[Cl-]. The monoisotopic (exact) mass is 704 g/mol. The van der Waals surface area contributed by atoms with Crippen LogP contribution in [-0.4, -0.2) is 45.5 Å². The number of benzene rings is 2. The number of carboxylic acid groups (broad SMARTS) is 2. The van der Waals surface area contributed by atoms with Crippen LogP contribution >= 0.6 is 11.6 Å². The molecule has 2 heterocycles. The largest absolute Gasteiger partial charge is 1.00 e. The second kappa shape index (κ2) is 16.4. The number of hydrogen-bond acceptors (Lipinski definition) is 3. The normalized spacial score (nSPS) is 18.8. The van der Waals surface area contributed by atoms with Gasteiger partial charge >= 0.3 is 11.9 Å². The highest BCUT2D eigenvalue weighted by Gasteiger charge is 2.44. The third-order valence-corrected chi connectivity index (χ3v) is 10.8. The molecule has 0 saturated heterocycles. The van der Waals surface area contributed by atoms with Gasteiger partial charge in [0.15, 0.2) is 5.71 Å². The van der Waals surface area contributed by atoms with Crippen LogP contribution in [0.3, 0.4) is 0 Å². The number of hydrogen-bond donors (Lipinski definition) is 2. The summed E-state index contributed by atoms with van der Waals surface area (Å²) in [4.78, 5) is 24.3. The molecule has 0 aromatic heterocycles. The first-order chi connectivity index (χ1) is 22.9. The Morgan fingerprint density at radius 2 is 1.51 bits per heavy atom. The van der Waals surface area contributed by atoms with Crippen molar-refractivity contribution in [2.45, 2.75) is 103 Å². The van der Waals surface area contributed by atoms with Crippen LogP contribution in [-0.2, 0) is 20.4 Å². The Labute approximate surface area is 303 Å². The van der Waals surface area contributed by atoms with Gasteiger partial charge in [-0.05, 0) is 89.5 Å². The van der Waals surface area contributed by atoms with Gasteiger partial charge in [-0.3, -0.25) is 9.59 Å². The summed E-state index contributed by atoms with van der Waals surface area (Å²) in [5, 5.41) is 19.0. The molecule has 0 radical (unpaired) electrons.